The van der Waals surface area contributed by atoms with E-state index < -0.39 is 0 Å². The summed E-state index contributed by atoms with van der Waals surface area (Å²) in [5, 5.41) is 12.3. The average molecular weight is 316 g/mol. The number of carbonyl (C=O) groups excluding carboxylic acids is 1. The Morgan fingerprint density at radius 1 is 1.32 bits per heavy atom. The quantitative estimate of drug-likeness (QED) is 0.889. The van der Waals surface area contributed by atoms with E-state index in [-0.39, 0.29) is 22.7 Å². The summed E-state index contributed by atoms with van der Waals surface area (Å²) in [6, 6.07) is 7.87. The smallest absolute Gasteiger partial charge is 0.251 e. The Hall–Kier alpha value is -1.23. The summed E-state index contributed by atoms with van der Waals surface area (Å²) < 4.78 is 0.684. The molecule has 3 nitrogen and oxygen atoms in total. The zero-order valence-corrected chi connectivity index (χ0v) is 12.3. The van der Waals surface area contributed by atoms with Gasteiger partial charge in [0.05, 0.1) is 15.4 Å². The van der Waals surface area contributed by atoms with Crippen molar-refractivity contribution in [2.24, 2.45) is 0 Å². The van der Waals surface area contributed by atoms with Crippen LogP contribution in [0.4, 0.5) is 0 Å². The van der Waals surface area contributed by atoms with Crippen LogP contribution in [-0.4, -0.2) is 11.0 Å². The fraction of sp³-hybridized carbons (Fsp3) is 0.154. The molecular weight excluding hydrogens is 305 g/mol. The molecule has 0 aliphatic carbocycles. The molecule has 6 heteroatoms. The van der Waals surface area contributed by atoms with Gasteiger partial charge in [-0.15, -0.1) is 11.3 Å². The van der Waals surface area contributed by atoms with Gasteiger partial charge in [0.2, 0.25) is 0 Å². The first-order valence-corrected chi connectivity index (χ1v) is 7.09. The lowest BCUT2D eigenvalue weighted by Crippen LogP contribution is -2.26. The van der Waals surface area contributed by atoms with Crippen molar-refractivity contribution in [2.75, 3.05) is 0 Å². The third kappa shape index (κ3) is 3.41. The molecule has 1 atom stereocenters. The lowest BCUT2D eigenvalue weighted by atomic mass is 10.2. The molecule has 2 aromatic rings. The fourth-order valence-electron chi connectivity index (χ4n) is 1.56. The Labute approximate surface area is 124 Å². The van der Waals surface area contributed by atoms with Gasteiger partial charge in [-0.25, -0.2) is 0 Å². The molecule has 1 amide bonds. The SMILES string of the molecule is CC(NC(=O)c1ccc(O)c(Cl)c1)c1ccc(Cl)s1. The summed E-state index contributed by atoms with van der Waals surface area (Å²) >= 11 is 13.0. The van der Waals surface area contributed by atoms with Gasteiger partial charge in [-0.2, -0.15) is 0 Å². The van der Waals surface area contributed by atoms with Crippen LogP contribution in [0.25, 0.3) is 0 Å². The maximum absolute atomic E-state index is 12.0. The van der Waals surface area contributed by atoms with Crippen molar-refractivity contribution in [1.29, 1.82) is 0 Å². The summed E-state index contributed by atoms with van der Waals surface area (Å²) in [4.78, 5) is 13.0. The topological polar surface area (TPSA) is 49.3 Å². The van der Waals surface area contributed by atoms with Crippen molar-refractivity contribution in [3.8, 4) is 5.75 Å². The summed E-state index contributed by atoms with van der Waals surface area (Å²) in [6.07, 6.45) is 0. The third-order valence-corrected chi connectivity index (χ3v) is 4.29. The number of hydrogen-bond acceptors (Lipinski definition) is 3. The van der Waals surface area contributed by atoms with E-state index in [1.165, 1.54) is 29.5 Å². The molecule has 0 spiro atoms. The molecular formula is C13H11Cl2NO2S. The molecule has 1 heterocycles. The molecule has 2 rings (SSSR count). The Morgan fingerprint density at radius 2 is 2.05 bits per heavy atom. The number of thiophene rings is 1. The minimum Gasteiger partial charge on any atom is -0.506 e. The monoisotopic (exact) mass is 315 g/mol. The highest BCUT2D eigenvalue weighted by molar-refractivity contribution is 7.16. The van der Waals surface area contributed by atoms with E-state index in [0.717, 1.165) is 4.88 Å². The number of benzene rings is 1. The number of halogens is 2. The average Bonchev–Trinajstić information content (AvgIpc) is 2.79. The van der Waals surface area contributed by atoms with Crippen molar-refractivity contribution in [1.82, 2.24) is 5.32 Å². The van der Waals surface area contributed by atoms with Crippen LogP contribution in [0.3, 0.4) is 0 Å². The van der Waals surface area contributed by atoms with Gasteiger partial charge >= 0.3 is 0 Å². The zero-order chi connectivity index (χ0) is 14.0. The van der Waals surface area contributed by atoms with Crippen molar-refractivity contribution in [2.45, 2.75) is 13.0 Å². The van der Waals surface area contributed by atoms with E-state index in [0.29, 0.717) is 9.90 Å². The van der Waals surface area contributed by atoms with Gasteiger partial charge in [0.25, 0.3) is 5.91 Å². The van der Waals surface area contributed by atoms with Crippen LogP contribution in [0, 0.1) is 0 Å². The number of aromatic hydroxyl groups is 1. The van der Waals surface area contributed by atoms with Crippen LogP contribution in [0.1, 0.15) is 28.2 Å². The molecule has 0 bridgehead atoms. The van der Waals surface area contributed by atoms with Gasteiger partial charge in [-0.3, -0.25) is 4.79 Å². The van der Waals surface area contributed by atoms with Crippen LogP contribution in [0.15, 0.2) is 30.3 Å². The van der Waals surface area contributed by atoms with E-state index in [9.17, 15) is 9.90 Å². The molecule has 100 valence electrons. The molecule has 0 saturated carbocycles. The fourth-order valence-corrected chi connectivity index (χ4v) is 2.80. The lowest BCUT2D eigenvalue weighted by Gasteiger charge is -2.12. The number of carbonyl (C=O) groups is 1. The first-order valence-electron chi connectivity index (χ1n) is 5.52. The number of phenolic OH excluding ortho intramolecular Hbond substituents is 1. The van der Waals surface area contributed by atoms with E-state index in [2.05, 4.69) is 5.32 Å². The molecule has 0 aliphatic rings. The number of hydrogen-bond donors (Lipinski definition) is 2. The summed E-state index contributed by atoms with van der Waals surface area (Å²) in [6.45, 7) is 1.88. The third-order valence-electron chi connectivity index (χ3n) is 2.58. The van der Waals surface area contributed by atoms with Gasteiger partial charge in [-0.05, 0) is 37.3 Å². The van der Waals surface area contributed by atoms with Crippen LogP contribution in [0.2, 0.25) is 9.36 Å². The molecule has 2 N–H and O–H groups in total. The maximum atomic E-state index is 12.0. The molecule has 0 aliphatic heterocycles. The molecule has 0 radical (unpaired) electrons. The largest absolute Gasteiger partial charge is 0.506 e. The number of rotatable bonds is 3. The Kier molecular flexibility index (Phi) is 4.34. The molecule has 1 aromatic carbocycles. The molecule has 0 saturated heterocycles. The predicted molar refractivity (Wildman–Crippen MR) is 78.3 cm³/mol. The highest BCUT2D eigenvalue weighted by atomic mass is 35.5. The Bertz CT molecular complexity index is 612. The first kappa shape index (κ1) is 14.2. The zero-order valence-electron chi connectivity index (χ0n) is 9.98. The van der Waals surface area contributed by atoms with E-state index in [1.54, 1.807) is 6.07 Å². The molecule has 1 unspecified atom stereocenters. The Morgan fingerprint density at radius 3 is 2.63 bits per heavy atom. The standard InChI is InChI=1S/C13H11Cl2NO2S/c1-7(11-4-5-12(15)19-11)16-13(18)8-2-3-10(17)9(14)6-8/h2-7,17H,1H3,(H,16,18). The maximum Gasteiger partial charge on any atom is 0.251 e. The highest BCUT2D eigenvalue weighted by Gasteiger charge is 2.14. The summed E-state index contributed by atoms with van der Waals surface area (Å²) in [5.41, 5.74) is 0.400. The van der Waals surface area contributed by atoms with Gasteiger partial charge in [0.15, 0.2) is 0 Å². The van der Waals surface area contributed by atoms with E-state index >= 15 is 0 Å². The van der Waals surface area contributed by atoms with Gasteiger partial charge < -0.3 is 10.4 Å². The number of amides is 1. The van der Waals surface area contributed by atoms with Crippen LogP contribution < -0.4 is 5.32 Å². The number of phenols is 1. The van der Waals surface area contributed by atoms with Crippen molar-refractivity contribution in [3.05, 3.63) is 50.1 Å². The minimum atomic E-state index is -0.251. The van der Waals surface area contributed by atoms with Crippen molar-refractivity contribution in [3.63, 3.8) is 0 Å². The minimum absolute atomic E-state index is 0.0451. The molecule has 1 aromatic heterocycles. The normalized spacial score (nSPS) is 12.2. The Balaban J connectivity index is 2.10. The van der Waals surface area contributed by atoms with Crippen LogP contribution >= 0.6 is 34.5 Å². The van der Waals surface area contributed by atoms with Crippen molar-refractivity contribution >= 4 is 40.4 Å². The van der Waals surface area contributed by atoms with E-state index in [4.69, 9.17) is 23.2 Å². The van der Waals surface area contributed by atoms with Gasteiger partial charge in [-0.1, -0.05) is 23.2 Å². The van der Waals surface area contributed by atoms with Gasteiger partial charge in [0.1, 0.15) is 5.75 Å². The van der Waals surface area contributed by atoms with Crippen molar-refractivity contribution < 1.29 is 9.90 Å². The van der Waals surface area contributed by atoms with Crippen LogP contribution in [0.5, 0.6) is 5.75 Å². The number of nitrogens with one attached hydrogen (secondary N) is 1. The van der Waals surface area contributed by atoms with Gasteiger partial charge in [0, 0.05) is 10.4 Å². The second-order valence-corrected chi connectivity index (χ2v) is 6.16. The second-order valence-electron chi connectivity index (χ2n) is 4.00. The summed E-state index contributed by atoms with van der Waals surface area (Å²) in [7, 11) is 0. The molecule has 0 fully saturated rings. The summed E-state index contributed by atoms with van der Waals surface area (Å²) in [5.74, 6) is -0.296. The molecule has 19 heavy (non-hydrogen) atoms. The first-order chi connectivity index (χ1) is 8.97. The lowest BCUT2D eigenvalue weighted by molar-refractivity contribution is 0.0940. The highest BCUT2D eigenvalue weighted by Crippen LogP contribution is 2.27. The van der Waals surface area contributed by atoms with E-state index in [1.807, 2.05) is 13.0 Å². The predicted octanol–water partition coefficient (Wildman–Crippen LogP) is 4.25. The van der Waals surface area contributed by atoms with Crippen LogP contribution in [-0.2, 0) is 0 Å². The second kappa shape index (κ2) is 5.82.